The lowest BCUT2D eigenvalue weighted by Gasteiger charge is -2.09. The zero-order chi connectivity index (χ0) is 22.8. The standard InChI is InChI=1S/C27H23N5O/c1-17-10-23-11-18(2-4-22(23)16-31-17)13-24-14-21(7-8-29-24)27(33)32-15-19-3-5-25-20(12-19)6-9-30-26(25)28/h2-12,14,16H,13,15H2,1H3,(H2,28,30)(H,32,33). The fraction of sp³-hybridized carbons (Fsp3) is 0.111. The Morgan fingerprint density at radius 1 is 0.848 bits per heavy atom. The van der Waals surface area contributed by atoms with Gasteiger partial charge in [-0.05, 0) is 59.2 Å². The van der Waals surface area contributed by atoms with Crippen LogP contribution in [0.25, 0.3) is 21.5 Å². The largest absolute Gasteiger partial charge is 0.383 e. The minimum atomic E-state index is -0.131. The maximum absolute atomic E-state index is 12.8. The van der Waals surface area contributed by atoms with Gasteiger partial charge in [-0.3, -0.25) is 14.8 Å². The minimum absolute atomic E-state index is 0.131. The van der Waals surface area contributed by atoms with Crippen LogP contribution in [0.5, 0.6) is 0 Å². The van der Waals surface area contributed by atoms with Crippen molar-refractivity contribution in [2.45, 2.75) is 19.9 Å². The number of nitrogens with two attached hydrogens (primary N) is 1. The molecule has 162 valence electrons. The molecule has 0 fully saturated rings. The number of hydrogen-bond acceptors (Lipinski definition) is 5. The molecule has 33 heavy (non-hydrogen) atoms. The Labute approximate surface area is 191 Å². The van der Waals surface area contributed by atoms with Gasteiger partial charge in [-0.25, -0.2) is 4.98 Å². The van der Waals surface area contributed by atoms with Crippen molar-refractivity contribution in [2.24, 2.45) is 0 Å². The number of carbonyl (C=O) groups excluding carboxylic acids is 1. The number of nitrogens with zero attached hydrogens (tertiary/aromatic N) is 3. The van der Waals surface area contributed by atoms with Crippen molar-refractivity contribution >= 4 is 33.3 Å². The summed E-state index contributed by atoms with van der Waals surface area (Å²) < 4.78 is 0. The van der Waals surface area contributed by atoms with E-state index in [1.54, 1.807) is 18.5 Å². The molecule has 1 amide bonds. The quantitative estimate of drug-likeness (QED) is 0.423. The molecule has 5 aromatic rings. The first-order valence-electron chi connectivity index (χ1n) is 10.8. The van der Waals surface area contributed by atoms with Crippen molar-refractivity contribution in [3.63, 3.8) is 0 Å². The topological polar surface area (TPSA) is 93.8 Å². The predicted molar refractivity (Wildman–Crippen MR) is 131 cm³/mol. The summed E-state index contributed by atoms with van der Waals surface area (Å²) in [7, 11) is 0. The van der Waals surface area contributed by atoms with Gasteiger partial charge in [0, 0.05) is 59.3 Å². The average Bonchev–Trinajstić information content (AvgIpc) is 2.82. The number of fused-ring (bicyclic) bond motifs is 2. The van der Waals surface area contributed by atoms with Crippen LogP contribution >= 0.6 is 0 Å². The highest BCUT2D eigenvalue weighted by atomic mass is 16.1. The molecule has 0 radical (unpaired) electrons. The third-order valence-corrected chi connectivity index (χ3v) is 5.70. The van der Waals surface area contributed by atoms with Crippen LogP contribution in [0.15, 0.2) is 79.3 Å². The number of rotatable bonds is 5. The van der Waals surface area contributed by atoms with E-state index in [1.807, 2.05) is 43.5 Å². The predicted octanol–water partition coefficient (Wildman–Crippen LogP) is 4.59. The minimum Gasteiger partial charge on any atom is -0.383 e. The van der Waals surface area contributed by atoms with E-state index in [0.717, 1.165) is 44.1 Å². The summed E-state index contributed by atoms with van der Waals surface area (Å²) in [5.74, 6) is 0.374. The van der Waals surface area contributed by atoms with E-state index in [9.17, 15) is 4.79 Å². The van der Waals surface area contributed by atoms with Crippen molar-refractivity contribution < 1.29 is 4.79 Å². The summed E-state index contributed by atoms with van der Waals surface area (Å²) in [5.41, 5.74) is 10.5. The first-order valence-corrected chi connectivity index (χ1v) is 10.8. The van der Waals surface area contributed by atoms with Gasteiger partial charge in [-0.15, -0.1) is 0 Å². The summed E-state index contributed by atoms with van der Waals surface area (Å²) in [4.78, 5) is 25.7. The van der Waals surface area contributed by atoms with Crippen LogP contribution in [0.4, 0.5) is 5.82 Å². The number of benzene rings is 2. The lowest BCUT2D eigenvalue weighted by Crippen LogP contribution is -2.23. The number of hydrogen-bond donors (Lipinski definition) is 2. The lowest BCUT2D eigenvalue weighted by atomic mass is 10.0. The lowest BCUT2D eigenvalue weighted by molar-refractivity contribution is 0.0950. The van der Waals surface area contributed by atoms with Gasteiger partial charge >= 0.3 is 0 Å². The normalized spacial score (nSPS) is 11.1. The van der Waals surface area contributed by atoms with Crippen LogP contribution < -0.4 is 11.1 Å². The van der Waals surface area contributed by atoms with Crippen LogP contribution in [-0.2, 0) is 13.0 Å². The van der Waals surface area contributed by atoms with Gasteiger partial charge in [-0.1, -0.05) is 30.3 Å². The molecule has 6 nitrogen and oxygen atoms in total. The van der Waals surface area contributed by atoms with Crippen molar-refractivity contribution in [2.75, 3.05) is 5.73 Å². The molecule has 5 rings (SSSR count). The number of amides is 1. The van der Waals surface area contributed by atoms with Gasteiger partial charge in [0.1, 0.15) is 5.82 Å². The molecule has 6 heteroatoms. The van der Waals surface area contributed by atoms with Gasteiger partial charge in [0.2, 0.25) is 0 Å². The molecule has 0 aliphatic heterocycles. The molecule has 0 unspecified atom stereocenters. The Bertz CT molecular complexity index is 1500. The Morgan fingerprint density at radius 3 is 2.58 bits per heavy atom. The highest BCUT2D eigenvalue weighted by molar-refractivity contribution is 5.94. The Morgan fingerprint density at radius 2 is 1.67 bits per heavy atom. The van der Waals surface area contributed by atoms with Crippen molar-refractivity contribution in [3.05, 3.63) is 107 Å². The Hall–Kier alpha value is -4.32. The fourth-order valence-electron chi connectivity index (χ4n) is 3.98. The fourth-order valence-corrected chi connectivity index (χ4v) is 3.98. The summed E-state index contributed by atoms with van der Waals surface area (Å²) >= 11 is 0. The zero-order valence-electron chi connectivity index (χ0n) is 18.2. The molecule has 0 aliphatic carbocycles. The number of aryl methyl sites for hydroxylation is 1. The van der Waals surface area contributed by atoms with E-state index >= 15 is 0 Å². The first-order chi connectivity index (χ1) is 16.0. The van der Waals surface area contributed by atoms with Gasteiger partial charge in [0.05, 0.1) is 0 Å². The highest BCUT2D eigenvalue weighted by Crippen LogP contribution is 2.20. The van der Waals surface area contributed by atoms with Crippen molar-refractivity contribution in [1.29, 1.82) is 0 Å². The molecular formula is C27H23N5O. The number of nitrogen functional groups attached to an aromatic ring is 1. The molecule has 3 N–H and O–H groups in total. The second kappa shape index (κ2) is 8.67. The molecule has 3 heterocycles. The molecule has 0 aliphatic rings. The van der Waals surface area contributed by atoms with Gasteiger partial charge in [0.25, 0.3) is 5.91 Å². The van der Waals surface area contributed by atoms with Crippen LogP contribution in [0.3, 0.4) is 0 Å². The molecule has 0 saturated carbocycles. The van der Waals surface area contributed by atoms with E-state index in [0.29, 0.717) is 24.3 Å². The third-order valence-electron chi connectivity index (χ3n) is 5.70. The monoisotopic (exact) mass is 433 g/mol. The number of nitrogens with one attached hydrogen (secondary N) is 1. The van der Waals surface area contributed by atoms with Crippen LogP contribution in [0.2, 0.25) is 0 Å². The SMILES string of the molecule is Cc1cc2cc(Cc3cc(C(=O)NCc4ccc5c(N)nccc5c4)ccn3)ccc2cn1. The number of aromatic nitrogens is 3. The average molecular weight is 434 g/mol. The second-order valence-corrected chi connectivity index (χ2v) is 8.15. The van der Waals surface area contributed by atoms with E-state index in [1.165, 1.54) is 0 Å². The molecular weight excluding hydrogens is 410 g/mol. The number of carbonyl (C=O) groups is 1. The molecule has 0 spiro atoms. The van der Waals surface area contributed by atoms with Crippen LogP contribution in [-0.4, -0.2) is 20.9 Å². The third kappa shape index (κ3) is 4.50. The second-order valence-electron chi connectivity index (χ2n) is 8.15. The summed E-state index contributed by atoms with van der Waals surface area (Å²) in [6.07, 6.45) is 5.91. The smallest absolute Gasteiger partial charge is 0.251 e. The van der Waals surface area contributed by atoms with Gasteiger partial charge < -0.3 is 11.1 Å². The zero-order valence-corrected chi connectivity index (χ0v) is 18.2. The van der Waals surface area contributed by atoms with Crippen LogP contribution in [0, 0.1) is 6.92 Å². The maximum Gasteiger partial charge on any atom is 0.251 e. The van der Waals surface area contributed by atoms with Gasteiger partial charge in [0.15, 0.2) is 0 Å². The van der Waals surface area contributed by atoms with E-state index < -0.39 is 0 Å². The number of anilines is 1. The van der Waals surface area contributed by atoms with E-state index in [2.05, 4.69) is 44.5 Å². The van der Waals surface area contributed by atoms with E-state index in [-0.39, 0.29) is 5.91 Å². The van der Waals surface area contributed by atoms with Gasteiger partial charge in [-0.2, -0.15) is 0 Å². The number of pyridine rings is 3. The highest BCUT2D eigenvalue weighted by Gasteiger charge is 2.09. The molecule has 0 saturated heterocycles. The first kappa shape index (κ1) is 20.6. The Kier molecular flexibility index (Phi) is 5.40. The summed E-state index contributed by atoms with van der Waals surface area (Å²) in [5, 5.41) is 7.17. The molecule has 2 aromatic carbocycles. The van der Waals surface area contributed by atoms with Crippen molar-refractivity contribution in [3.8, 4) is 0 Å². The molecule has 0 bridgehead atoms. The Balaban J connectivity index is 1.29. The summed E-state index contributed by atoms with van der Waals surface area (Å²) in [6.45, 7) is 2.41. The maximum atomic E-state index is 12.8. The van der Waals surface area contributed by atoms with Crippen LogP contribution in [0.1, 0.15) is 32.9 Å². The summed E-state index contributed by atoms with van der Waals surface area (Å²) in [6, 6.07) is 19.8. The molecule has 0 atom stereocenters. The van der Waals surface area contributed by atoms with Crippen molar-refractivity contribution in [1.82, 2.24) is 20.3 Å². The molecule has 3 aromatic heterocycles. The van der Waals surface area contributed by atoms with E-state index in [4.69, 9.17) is 5.73 Å².